The van der Waals surface area contributed by atoms with Gasteiger partial charge in [0, 0.05) is 13.1 Å². The third-order valence-electron chi connectivity index (χ3n) is 1.88. The molecule has 1 N–H and O–H groups in total. The molecule has 0 aliphatic carbocycles. The van der Waals surface area contributed by atoms with E-state index >= 15 is 0 Å². The Morgan fingerprint density at radius 3 is 2.87 bits per heavy atom. The number of anilines is 1. The maximum atomic E-state index is 8.84. The minimum atomic E-state index is 0.486. The van der Waals surface area contributed by atoms with Crippen molar-refractivity contribution in [2.75, 3.05) is 32.5 Å². The van der Waals surface area contributed by atoms with Crippen LogP contribution < -0.4 is 5.32 Å². The molecule has 0 unspecified atom stereocenters. The average Bonchev–Trinajstić information content (AvgIpc) is 2.17. The Balaban J connectivity index is 2.67. The lowest BCUT2D eigenvalue weighted by molar-refractivity contribution is 0.425. The molecular weight excluding hydrogens is 190 g/mol. The van der Waals surface area contributed by atoms with Crippen LogP contribution >= 0.6 is 0 Å². The lowest BCUT2D eigenvalue weighted by Gasteiger charge is -2.11. The van der Waals surface area contributed by atoms with Crippen molar-refractivity contribution in [2.24, 2.45) is 0 Å². The van der Waals surface area contributed by atoms with Gasteiger partial charge in [-0.2, -0.15) is 5.26 Å². The fraction of sp³-hybridized carbons (Fsp3) is 0.500. The van der Waals surface area contributed by atoms with Crippen molar-refractivity contribution in [1.82, 2.24) is 14.9 Å². The second kappa shape index (κ2) is 5.27. The molecule has 0 saturated carbocycles. The van der Waals surface area contributed by atoms with E-state index in [1.54, 1.807) is 13.1 Å². The van der Waals surface area contributed by atoms with Gasteiger partial charge in [-0.1, -0.05) is 0 Å². The largest absolute Gasteiger partial charge is 0.368 e. The number of hydrogen-bond donors (Lipinski definition) is 1. The second-order valence-corrected chi connectivity index (χ2v) is 3.52. The molecular formula is C10H15N5. The first-order chi connectivity index (χ1) is 7.13. The van der Waals surface area contributed by atoms with Crippen molar-refractivity contribution in [3.63, 3.8) is 0 Å². The first-order valence-electron chi connectivity index (χ1n) is 4.76. The SMILES string of the molecule is Cc1ncc(C#N)c(NCCN(C)C)n1. The summed E-state index contributed by atoms with van der Waals surface area (Å²) >= 11 is 0. The Bertz CT molecular complexity index is 367. The van der Waals surface area contributed by atoms with Gasteiger partial charge in [-0.25, -0.2) is 9.97 Å². The van der Waals surface area contributed by atoms with Crippen LogP contribution in [0.4, 0.5) is 5.82 Å². The van der Waals surface area contributed by atoms with Crippen LogP contribution in [-0.2, 0) is 0 Å². The van der Waals surface area contributed by atoms with Gasteiger partial charge in [-0.15, -0.1) is 0 Å². The van der Waals surface area contributed by atoms with Gasteiger partial charge in [0.05, 0.1) is 6.20 Å². The summed E-state index contributed by atoms with van der Waals surface area (Å²) in [6.45, 7) is 3.46. The van der Waals surface area contributed by atoms with E-state index in [1.165, 1.54) is 0 Å². The molecule has 1 rings (SSSR count). The molecule has 0 amide bonds. The number of hydrogen-bond acceptors (Lipinski definition) is 5. The maximum Gasteiger partial charge on any atom is 0.147 e. The smallest absolute Gasteiger partial charge is 0.147 e. The van der Waals surface area contributed by atoms with Gasteiger partial charge in [-0.05, 0) is 21.0 Å². The molecule has 1 heterocycles. The minimum absolute atomic E-state index is 0.486. The van der Waals surface area contributed by atoms with Gasteiger partial charge in [-0.3, -0.25) is 0 Å². The third kappa shape index (κ3) is 3.52. The Morgan fingerprint density at radius 2 is 2.27 bits per heavy atom. The van der Waals surface area contributed by atoms with Crippen molar-refractivity contribution in [3.05, 3.63) is 17.6 Å². The zero-order chi connectivity index (χ0) is 11.3. The molecule has 5 heteroatoms. The van der Waals surface area contributed by atoms with Crippen LogP contribution in [0.2, 0.25) is 0 Å². The lowest BCUT2D eigenvalue weighted by atomic mass is 10.3. The molecule has 0 aliphatic heterocycles. The van der Waals surface area contributed by atoms with E-state index in [4.69, 9.17) is 5.26 Å². The standard InChI is InChI=1S/C10H15N5/c1-8-13-7-9(6-11)10(14-8)12-4-5-15(2)3/h7H,4-5H2,1-3H3,(H,12,13,14). The first kappa shape index (κ1) is 11.4. The summed E-state index contributed by atoms with van der Waals surface area (Å²) < 4.78 is 0. The van der Waals surface area contributed by atoms with E-state index < -0.39 is 0 Å². The van der Waals surface area contributed by atoms with Crippen LogP contribution in [0.1, 0.15) is 11.4 Å². The number of aromatic nitrogens is 2. The number of nitriles is 1. The fourth-order valence-electron chi connectivity index (χ4n) is 1.08. The topological polar surface area (TPSA) is 64.8 Å². The second-order valence-electron chi connectivity index (χ2n) is 3.52. The lowest BCUT2D eigenvalue weighted by Crippen LogP contribution is -2.21. The summed E-state index contributed by atoms with van der Waals surface area (Å²) in [5.41, 5.74) is 0.486. The molecule has 0 aromatic carbocycles. The van der Waals surface area contributed by atoms with Crippen LogP contribution in [-0.4, -0.2) is 42.1 Å². The van der Waals surface area contributed by atoms with Crippen LogP contribution in [0.3, 0.4) is 0 Å². The number of rotatable bonds is 4. The van der Waals surface area contributed by atoms with Crippen LogP contribution in [0.15, 0.2) is 6.20 Å². The summed E-state index contributed by atoms with van der Waals surface area (Å²) in [6, 6.07) is 2.06. The predicted octanol–water partition coefficient (Wildman–Crippen LogP) is 0.630. The summed E-state index contributed by atoms with van der Waals surface area (Å²) in [4.78, 5) is 10.2. The third-order valence-corrected chi connectivity index (χ3v) is 1.88. The van der Waals surface area contributed by atoms with Crippen LogP contribution in [0, 0.1) is 18.3 Å². The first-order valence-corrected chi connectivity index (χ1v) is 4.76. The molecule has 80 valence electrons. The minimum Gasteiger partial charge on any atom is -0.368 e. The summed E-state index contributed by atoms with van der Waals surface area (Å²) in [5.74, 6) is 1.29. The van der Waals surface area contributed by atoms with E-state index in [0.29, 0.717) is 17.2 Å². The van der Waals surface area contributed by atoms with Gasteiger partial charge in [0.25, 0.3) is 0 Å². The summed E-state index contributed by atoms with van der Waals surface area (Å²) in [7, 11) is 4.00. The molecule has 1 aromatic heterocycles. The van der Waals surface area contributed by atoms with E-state index in [-0.39, 0.29) is 0 Å². The van der Waals surface area contributed by atoms with Gasteiger partial charge in [0.1, 0.15) is 23.3 Å². The normalized spacial score (nSPS) is 10.1. The van der Waals surface area contributed by atoms with Gasteiger partial charge in [0.2, 0.25) is 0 Å². The molecule has 0 bridgehead atoms. The van der Waals surface area contributed by atoms with Crippen LogP contribution in [0.25, 0.3) is 0 Å². The zero-order valence-electron chi connectivity index (χ0n) is 9.28. The van der Waals surface area contributed by atoms with E-state index in [2.05, 4.69) is 26.3 Å². The molecule has 5 nitrogen and oxygen atoms in total. The van der Waals surface area contributed by atoms with Gasteiger partial charge < -0.3 is 10.2 Å². The molecule has 0 fully saturated rings. The molecule has 0 spiro atoms. The van der Waals surface area contributed by atoms with Crippen molar-refractivity contribution < 1.29 is 0 Å². The maximum absolute atomic E-state index is 8.84. The Morgan fingerprint density at radius 1 is 1.53 bits per heavy atom. The van der Waals surface area contributed by atoms with Gasteiger partial charge >= 0.3 is 0 Å². The molecule has 0 saturated heterocycles. The predicted molar refractivity (Wildman–Crippen MR) is 58.5 cm³/mol. The van der Waals surface area contributed by atoms with Crippen LogP contribution in [0.5, 0.6) is 0 Å². The van der Waals surface area contributed by atoms with Gasteiger partial charge in [0.15, 0.2) is 0 Å². The monoisotopic (exact) mass is 205 g/mol. The molecule has 0 atom stereocenters. The number of aryl methyl sites for hydroxylation is 1. The highest BCUT2D eigenvalue weighted by atomic mass is 15.1. The van der Waals surface area contributed by atoms with Crippen molar-refractivity contribution in [3.8, 4) is 6.07 Å². The average molecular weight is 205 g/mol. The highest BCUT2D eigenvalue weighted by molar-refractivity contribution is 5.50. The zero-order valence-corrected chi connectivity index (χ0v) is 9.28. The quantitative estimate of drug-likeness (QED) is 0.781. The van der Waals surface area contributed by atoms with Crippen molar-refractivity contribution in [2.45, 2.75) is 6.92 Å². The van der Waals surface area contributed by atoms with E-state index in [1.807, 2.05) is 14.1 Å². The fourth-order valence-corrected chi connectivity index (χ4v) is 1.08. The summed E-state index contributed by atoms with van der Waals surface area (Å²) in [5, 5.41) is 12.0. The molecule has 0 radical (unpaired) electrons. The highest BCUT2D eigenvalue weighted by Gasteiger charge is 2.03. The highest BCUT2D eigenvalue weighted by Crippen LogP contribution is 2.09. The van der Waals surface area contributed by atoms with Crippen molar-refractivity contribution >= 4 is 5.82 Å². The number of nitrogens with zero attached hydrogens (tertiary/aromatic N) is 4. The number of likely N-dealkylation sites (N-methyl/N-ethyl adjacent to an activating group) is 1. The number of nitrogens with one attached hydrogen (secondary N) is 1. The Kier molecular flexibility index (Phi) is 4.01. The van der Waals surface area contributed by atoms with E-state index in [0.717, 1.165) is 13.1 Å². The van der Waals surface area contributed by atoms with E-state index in [9.17, 15) is 0 Å². The molecule has 15 heavy (non-hydrogen) atoms. The Hall–Kier alpha value is -1.67. The molecule has 0 aliphatic rings. The Labute approximate surface area is 89.8 Å². The summed E-state index contributed by atoms with van der Waals surface area (Å²) in [6.07, 6.45) is 1.54. The van der Waals surface area contributed by atoms with Crippen molar-refractivity contribution in [1.29, 1.82) is 5.26 Å². The molecule has 1 aromatic rings.